The average Bonchev–Trinajstić information content (AvgIpc) is 3.71. The Kier molecular flexibility index (Phi) is 8.47. The maximum atomic E-state index is 13.8. The monoisotopic (exact) mass is 540 g/mol. The molecule has 0 aromatic heterocycles. The number of benzene rings is 1. The molecule has 1 aliphatic carbocycles. The third-order valence-corrected chi connectivity index (χ3v) is 8.19. The normalized spacial score (nSPS) is 28.8. The number of para-hydroxylation sites is 1. The minimum Gasteiger partial charge on any atom is -0.493 e. The van der Waals surface area contributed by atoms with Crippen molar-refractivity contribution in [1.82, 2.24) is 20.4 Å². The number of carbonyl (C=O) groups is 3. The Morgan fingerprint density at radius 3 is 2.64 bits per heavy atom. The van der Waals surface area contributed by atoms with Crippen molar-refractivity contribution in [2.75, 3.05) is 39.3 Å². The van der Waals surface area contributed by atoms with Crippen molar-refractivity contribution in [3.63, 3.8) is 0 Å². The summed E-state index contributed by atoms with van der Waals surface area (Å²) in [6, 6.07) is 6.53. The van der Waals surface area contributed by atoms with Crippen LogP contribution in [-0.2, 0) is 14.3 Å². The second-order valence-corrected chi connectivity index (χ2v) is 12.9. The van der Waals surface area contributed by atoms with Gasteiger partial charge in [0.05, 0.1) is 30.4 Å². The van der Waals surface area contributed by atoms with E-state index in [2.05, 4.69) is 15.5 Å². The molecule has 3 aliphatic heterocycles. The van der Waals surface area contributed by atoms with Gasteiger partial charge >= 0.3 is 0 Å². The Hall–Kier alpha value is -2.65. The van der Waals surface area contributed by atoms with Crippen LogP contribution in [0.1, 0.15) is 69.7 Å². The SMILES string of the molecule is CC(C)(C)CC(=O)N[C@@H]1CC[C@H]2CCOc3ccccc3C(=O)N3CCN(CC4CC4)C[C@H]3C(=O)NC[C@H]1O2. The molecule has 1 saturated carbocycles. The Morgan fingerprint density at radius 1 is 1.08 bits per heavy atom. The number of carbonyl (C=O) groups excluding carboxylic acids is 3. The third kappa shape index (κ3) is 7.31. The van der Waals surface area contributed by atoms with Gasteiger partial charge in [-0.1, -0.05) is 32.9 Å². The number of amides is 3. The average molecular weight is 541 g/mol. The number of hydrogen-bond donors (Lipinski definition) is 2. The number of rotatable bonds is 4. The van der Waals surface area contributed by atoms with Gasteiger partial charge in [-0.2, -0.15) is 0 Å². The molecule has 4 aliphatic rings. The number of nitrogens with one attached hydrogen (secondary N) is 2. The summed E-state index contributed by atoms with van der Waals surface area (Å²) in [6.45, 7) is 9.58. The lowest BCUT2D eigenvalue weighted by Crippen LogP contribution is -2.62. The van der Waals surface area contributed by atoms with E-state index in [1.807, 2.05) is 39.0 Å². The van der Waals surface area contributed by atoms with Crippen LogP contribution >= 0.6 is 0 Å². The van der Waals surface area contributed by atoms with E-state index < -0.39 is 6.04 Å². The third-order valence-electron chi connectivity index (χ3n) is 8.19. The summed E-state index contributed by atoms with van der Waals surface area (Å²) >= 11 is 0. The highest BCUT2D eigenvalue weighted by molar-refractivity contribution is 6.00. The van der Waals surface area contributed by atoms with Crippen LogP contribution < -0.4 is 15.4 Å². The van der Waals surface area contributed by atoms with Crippen molar-refractivity contribution < 1.29 is 23.9 Å². The van der Waals surface area contributed by atoms with Crippen LogP contribution in [0.4, 0.5) is 0 Å². The van der Waals surface area contributed by atoms with Crippen LogP contribution in [0.5, 0.6) is 5.75 Å². The molecule has 2 saturated heterocycles. The largest absolute Gasteiger partial charge is 0.493 e. The van der Waals surface area contributed by atoms with Gasteiger partial charge < -0.3 is 25.0 Å². The fraction of sp³-hybridized carbons (Fsp3) is 0.700. The van der Waals surface area contributed by atoms with Crippen LogP contribution in [0.2, 0.25) is 0 Å². The lowest BCUT2D eigenvalue weighted by atomic mass is 9.91. The van der Waals surface area contributed by atoms with Crippen molar-refractivity contribution in [2.24, 2.45) is 11.3 Å². The molecule has 1 aromatic rings. The predicted molar refractivity (Wildman–Crippen MR) is 147 cm³/mol. The van der Waals surface area contributed by atoms with Crippen molar-refractivity contribution >= 4 is 17.7 Å². The van der Waals surface area contributed by atoms with E-state index in [4.69, 9.17) is 9.47 Å². The molecule has 2 bridgehead atoms. The van der Waals surface area contributed by atoms with Crippen LogP contribution in [0.3, 0.4) is 0 Å². The second-order valence-electron chi connectivity index (χ2n) is 12.9. The first-order valence-electron chi connectivity index (χ1n) is 14.6. The maximum Gasteiger partial charge on any atom is 0.258 e. The number of hydrogen-bond acceptors (Lipinski definition) is 6. The van der Waals surface area contributed by atoms with Crippen molar-refractivity contribution in [3.8, 4) is 5.75 Å². The summed E-state index contributed by atoms with van der Waals surface area (Å²) in [5, 5.41) is 6.28. The van der Waals surface area contributed by atoms with Crippen LogP contribution in [0.25, 0.3) is 0 Å². The molecule has 39 heavy (non-hydrogen) atoms. The molecule has 4 atom stereocenters. The number of nitrogens with zero attached hydrogens (tertiary/aromatic N) is 2. The highest BCUT2D eigenvalue weighted by atomic mass is 16.5. The van der Waals surface area contributed by atoms with Gasteiger partial charge in [-0.05, 0) is 49.1 Å². The van der Waals surface area contributed by atoms with E-state index >= 15 is 0 Å². The minimum absolute atomic E-state index is 0.00000834. The summed E-state index contributed by atoms with van der Waals surface area (Å²) in [5.41, 5.74) is 0.378. The molecule has 0 unspecified atom stereocenters. The summed E-state index contributed by atoms with van der Waals surface area (Å²) in [4.78, 5) is 44.3. The molecular formula is C30H44N4O5. The van der Waals surface area contributed by atoms with Crippen molar-refractivity contribution in [2.45, 2.75) is 83.6 Å². The molecule has 3 fully saturated rings. The predicted octanol–water partition coefficient (Wildman–Crippen LogP) is 2.59. The molecule has 0 spiro atoms. The van der Waals surface area contributed by atoms with Crippen LogP contribution in [0.15, 0.2) is 24.3 Å². The topological polar surface area (TPSA) is 100 Å². The standard InChI is InChI=1S/C30H44N4O5/c1-30(2,3)16-27(35)32-23-11-10-21-12-15-38-25-7-5-4-6-22(25)29(37)34-14-13-33(18-20-8-9-20)19-24(34)28(36)31-17-26(23)39-21/h4-7,20-21,23-24,26H,8-19H2,1-3H3,(H,31,36)(H,32,35)/t21-,23+,24-,26+/m0/s1. The van der Waals surface area contributed by atoms with Gasteiger partial charge in [-0.3, -0.25) is 19.3 Å². The molecular weight excluding hydrogens is 496 g/mol. The van der Waals surface area contributed by atoms with Gasteiger partial charge in [-0.25, -0.2) is 0 Å². The van der Waals surface area contributed by atoms with E-state index in [1.165, 1.54) is 12.8 Å². The van der Waals surface area contributed by atoms with E-state index in [1.54, 1.807) is 11.0 Å². The van der Waals surface area contributed by atoms with Gasteiger partial charge in [0.2, 0.25) is 11.8 Å². The molecule has 1 aromatic carbocycles. The molecule has 2 N–H and O–H groups in total. The highest BCUT2D eigenvalue weighted by Crippen LogP contribution is 2.31. The van der Waals surface area contributed by atoms with Crippen molar-refractivity contribution in [1.29, 1.82) is 0 Å². The Morgan fingerprint density at radius 2 is 1.87 bits per heavy atom. The molecule has 3 amide bonds. The number of ether oxygens (including phenoxy) is 2. The summed E-state index contributed by atoms with van der Waals surface area (Å²) < 4.78 is 12.6. The first-order chi connectivity index (χ1) is 18.7. The van der Waals surface area contributed by atoms with Gasteiger partial charge in [0, 0.05) is 45.6 Å². The van der Waals surface area contributed by atoms with Gasteiger partial charge in [0.15, 0.2) is 0 Å². The lowest BCUT2D eigenvalue weighted by Gasteiger charge is -2.42. The van der Waals surface area contributed by atoms with Gasteiger partial charge in [0.1, 0.15) is 11.8 Å². The highest BCUT2D eigenvalue weighted by Gasteiger charge is 2.40. The van der Waals surface area contributed by atoms with Gasteiger partial charge in [-0.15, -0.1) is 0 Å². The molecule has 214 valence electrons. The minimum atomic E-state index is -0.602. The molecule has 5 rings (SSSR count). The Labute approximate surface area is 231 Å². The number of fused-ring (bicyclic) bond motifs is 4. The zero-order valence-corrected chi connectivity index (χ0v) is 23.6. The van der Waals surface area contributed by atoms with E-state index in [-0.39, 0.29) is 47.9 Å². The molecule has 9 heteroatoms. The van der Waals surface area contributed by atoms with Crippen molar-refractivity contribution in [3.05, 3.63) is 29.8 Å². The lowest BCUT2D eigenvalue weighted by molar-refractivity contribution is -0.131. The second kappa shape index (κ2) is 11.8. The van der Waals surface area contributed by atoms with E-state index in [9.17, 15) is 14.4 Å². The molecule has 0 radical (unpaired) electrons. The summed E-state index contributed by atoms with van der Waals surface area (Å²) in [6.07, 6.45) is 4.75. The number of piperazine rings is 1. The van der Waals surface area contributed by atoms with Crippen LogP contribution in [-0.4, -0.2) is 91.1 Å². The quantitative estimate of drug-likeness (QED) is 0.609. The smallest absolute Gasteiger partial charge is 0.258 e. The van der Waals surface area contributed by atoms with Gasteiger partial charge in [0.25, 0.3) is 5.91 Å². The zero-order valence-electron chi connectivity index (χ0n) is 23.6. The summed E-state index contributed by atoms with van der Waals surface area (Å²) in [7, 11) is 0. The first kappa shape index (κ1) is 27.9. The molecule has 9 nitrogen and oxygen atoms in total. The van der Waals surface area contributed by atoms with E-state index in [0.29, 0.717) is 49.8 Å². The Balaban J connectivity index is 1.36. The molecule has 3 heterocycles. The first-order valence-corrected chi connectivity index (χ1v) is 14.6. The fourth-order valence-electron chi connectivity index (χ4n) is 5.95. The summed E-state index contributed by atoms with van der Waals surface area (Å²) in [5.74, 6) is 0.897. The maximum absolute atomic E-state index is 13.8. The fourth-order valence-corrected chi connectivity index (χ4v) is 5.95. The Bertz CT molecular complexity index is 1050. The van der Waals surface area contributed by atoms with E-state index in [0.717, 1.165) is 25.9 Å². The van der Waals surface area contributed by atoms with Crippen LogP contribution in [0, 0.1) is 11.3 Å². The zero-order chi connectivity index (χ0) is 27.6.